The summed E-state index contributed by atoms with van der Waals surface area (Å²) in [5.74, 6) is -3.12. The van der Waals surface area contributed by atoms with E-state index in [1.165, 1.54) is 12.1 Å². The monoisotopic (exact) mass is 610 g/mol. The SMILES string of the molecule is C[N+]1(CCCOc2ccc(-c3ccccc3)cc2)CCC(OC(=O)C(OC(=O)C(F)(F)F)(c2ccccc2)C2CCCC2)C1. The number of quaternary nitrogens is 1. The lowest BCUT2D eigenvalue weighted by Gasteiger charge is -2.37. The third-order valence-electron chi connectivity index (χ3n) is 8.90. The Morgan fingerprint density at radius 1 is 0.818 bits per heavy atom. The second-order valence-electron chi connectivity index (χ2n) is 12.1. The highest BCUT2D eigenvalue weighted by molar-refractivity contribution is 5.87. The highest BCUT2D eigenvalue weighted by atomic mass is 19.4. The van der Waals surface area contributed by atoms with Gasteiger partial charge in [0, 0.05) is 24.3 Å². The summed E-state index contributed by atoms with van der Waals surface area (Å²) in [5, 5.41) is 0. The molecule has 0 spiro atoms. The summed E-state index contributed by atoms with van der Waals surface area (Å²) in [6.07, 6.45) is -2.03. The van der Waals surface area contributed by atoms with Crippen LogP contribution in [0.15, 0.2) is 84.9 Å². The van der Waals surface area contributed by atoms with Gasteiger partial charge in [-0.15, -0.1) is 0 Å². The molecule has 1 aliphatic carbocycles. The van der Waals surface area contributed by atoms with Crippen LogP contribution in [0.2, 0.25) is 0 Å². The lowest BCUT2D eigenvalue weighted by atomic mass is 9.79. The zero-order valence-corrected chi connectivity index (χ0v) is 24.9. The minimum atomic E-state index is -5.24. The molecule has 234 valence electrons. The molecule has 3 atom stereocenters. The summed E-state index contributed by atoms with van der Waals surface area (Å²) in [6, 6.07) is 26.1. The summed E-state index contributed by atoms with van der Waals surface area (Å²) in [6.45, 7) is 2.56. The van der Waals surface area contributed by atoms with E-state index >= 15 is 0 Å². The number of nitrogens with zero attached hydrogens (tertiary/aromatic N) is 1. The Balaban J connectivity index is 1.20. The fourth-order valence-corrected chi connectivity index (χ4v) is 6.60. The molecule has 0 aromatic heterocycles. The van der Waals surface area contributed by atoms with E-state index in [2.05, 4.69) is 19.2 Å². The third kappa shape index (κ3) is 7.26. The van der Waals surface area contributed by atoms with Crippen molar-refractivity contribution in [3.05, 3.63) is 90.5 Å². The predicted octanol–water partition coefficient (Wildman–Crippen LogP) is 7.08. The Morgan fingerprint density at radius 2 is 1.43 bits per heavy atom. The maximum atomic E-state index is 13.9. The third-order valence-corrected chi connectivity index (χ3v) is 8.90. The Bertz CT molecular complexity index is 1390. The van der Waals surface area contributed by atoms with Crippen LogP contribution in [0.5, 0.6) is 5.75 Å². The van der Waals surface area contributed by atoms with E-state index in [-0.39, 0.29) is 5.56 Å². The van der Waals surface area contributed by atoms with Crippen LogP contribution < -0.4 is 4.74 Å². The van der Waals surface area contributed by atoms with E-state index in [4.69, 9.17) is 14.2 Å². The molecule has 9 heteroatoms. The number of hydrogen-bond donors (Lipinski definition) is 0. The second kappa shape index (κ2) is 13.4. The van der Waals surface area contributed by atoms with E-state index in [0.717, 1.165) is 49.2 Å². The van der Waals surface area contributed by atoms with Crippen molar-refractivity contribution >= 4 is 11.9 Å². The highest BCUT2D eigenvalue weighted by Crippen LogP contribution is 2.46. The van der Waals surface area contributed by atoms with Crippen LogP contribution in [0.25, 0.3) is 11.1 Å². The number of esters is 2. The van der Waals surface area contributed by atoms with Gasteiger partial charge in [-0.2, -0.15) is 13.2 Å². The number of carbonyl (C=O) groups excluding carboxylic acids is 2. The van der Waals surface area contributed by atoms with Crippen molar-refractivity contribution < 1.29 is 41.5 Å². The molecule has 0 N–H and O–H groups in total. The normalized spacial score (nSPS) is 21.9. The molecule has 0 amide bonds. The number of likely N-dealkylation sites (N-methyl/N-ethyl adjacent to an activating group) is 1. The van der Waals surface area contributed by atoms with Crippen molar-refractivity contribution in [3.8, 4) is 16.9 Å². The molecular formula is C35H39F3NO5+. The van der Waals surface area contributed by atoms with Crippen molar-refractivity contribution in [3.63, 3.8) is 0 Å². The van der Waals surface area contributed by atoms with Gasteiger partial charge in [0.2, 0.25) is 5.60 Å². The van der Waals surface area contributed by atoms with Gasteiger partial charge in [0.05, 0.1) is 26.7 Å². The summed E-state index contributed by atoms with van der Waals surface area (Å²) >= 11 is 0. The number of alkyl halides is 3. The van der Waals surface area contributed by atoms with Gasteiger partial charge < -0.3 is 18.7 Å². The largest absolute Gasteiger partial charge is 0.493 e. The van der Waals surface area contributed by atoms with Crippen molar-refractivity contribution in [2.75, 3.05) is 33.3 Å². The van der Waals surface area contributed by atoms with Crippen LogP contribution in [-0.2, 0) is 24.7 Å². The molecule has 1 heterocycles. The minimum absolute atomic E-state index is 0.207. The fraction of sp³-hybridized carbons (Fsp3) is 0.429. The average molecular weight is 611 g/mol. The van der Waals surface area contributed by atoms with Crippen LogP contribution in [0.3, 0.4) is 0 Å². The number of hydrogen-bond acceptors (Lipinski definition) is 5. The Kier molecular flexibility index (Phi) is 9.63. The van der Waals surface area contributed by atoms with Crippen molar-refractivity contribution in [2.45, 2.75) is 56.4 Å². The second-order valence-corrected chi connectivity index (χ2v) is 12.1. The molecule has 0 radical (unpaired) electrons. The molecule has 2 aliphatic rings. The van der Waals surface area contributed by atoms with Gasteiger partial charge >= 0.3 is 18.1 Å². The van der Waals surface area contributed by atoms with E-state index in [1.54, 1.807) is 18.2 Å². The van der Waals surface area contributed by atoms with Gasteiger partial charge in [0.25, 0.3) is 0 Å². The van der Waals surface area contributed by atoms with Crippen LogP contribution in [0, 0.1) is 5.92 Å². The topological polar surface area (TPSA) is 61.8 Å². The first-order valence-corrected chi connectivity index (χ1v) is 15.3. The number of benzene rings is 3. The number of halogens is 3. The summed E-state index contributed by atoms with van der Waals surface area (Å²) in [5.41, 5.74) is 0.313. The quantitative estimate of drug-likeness (QED) is 0.132. The fourth-order valence-electron chi connectivity index (χ4n) is 6.60. The molecule has 1 saturated carbocycles. The Morgan fingerprint density at radius 3 is 2.07 bits per heavy atom. The molecular weight excluding hydrogens is 571 g/mol. The highest BCUT2D eigenvalue weighted by Gasteiger charge is 2.57. The van der Waals surface area contributed by atoms with Gasteiger partial charge in [-0.05, 0) is 36.1 Å². The average Bonchev–Trinajstić information content (AvgIpc) is 3.69. The molecule has 3 aromatic rings. The van der Waals surface area contributed by atoms with Gasteiger partial charge in [-0.3, -0.25) is 0 Å². The first kappa shape index (κ1) is 31.6. The zero-order valence-electron chi connectivity index (χ0n) is 24.9. The molecule has 6 nitrogen and oxygen atoms in total. The predicted molar refractivity (Wildman–Crippen MR) is 159 cm³/mol. The summed E-state index contributed by atoms with van der Waals surface area (Å²) in [4.78, 5) is 26.1. The first-order chi connectivity index (χ1) is 21.1. The van der Waals surface area contributed by atoms with E-state index in [0.29, 0.717) is 36.9 Å². The van der Waals surface area contributed by atoms with Crippen LogP contribution >= 0.6 is 0 Å². The molecule has 2 fully saturated rings. The number of rotatable bonds is 11. The van der Waals surface area contributed by atoms with Gasteiger partial charge in [-0.25, -0.2) is 9.59 Å². The summed E-state index contributed by atoms with van der Waals surface area (Å²) in [7, 11) is 2.08. The van der Waals surface area contributed by atoms with Crippen molar-refractivity contribution in [1.29, 1.82) is 0 Å². The van der Waals surface area contributed by atoms with E-state index in [9.17, 15) is 22.8 Å². The number of likely N-dealkylation sites (tertiary alicyclic amines) is 1. The van der Waals surface area contributed by atoms with E-state index in [1.807, 2.05) is 42.5 Å². The maximum absolute atomic E-state index is 13.9. The maximum Gasteiger partial charge on any atom is 0.490 e. The zero-order chi connectivity index (χ0) is 31.2. The van der Waals surface area contributed by atoms with Crippen molar-refractivity contribution in [1.82, 2.24) is 0 Å². The van der Waals surface area contributed by atoms with Gasteiger partial charge in [-0.1, -0.05) is 85.6 Å². The lowest BCUT2D eigenvalue weighted by Crippen LogP contribution is -2.51. The van der Waals surface area contributed by atoms with Crippen molar-refractivity contribution in [2.24, 2.45) is 5.92 Å². The Labute approximate surface area is 256 Å². The van der Waals surface area contributed by atoms with Gasteiger partial charge in [0.1, 0.15) is 12.3 Å². The Hall–Kier alpha value is -3.85. The molecule has 1 aliphatic heterocycles. The molecule has 1 saturated heterocycles. The standard InChI is InChI=1S/C35H39F3NO5/c1-39(22-10-24-42-30-19-17-27(18-20-30)26-11-4-2-5-12-26)23-21-31(25-39)43-32(40)34(29-15-8-9-16-29,28-13-6-3-7-14-28)44-33(41)35(36,37)38/h2-7,11-14,17-20,29,31H,8-10,15-16,21-25H2,1H3/q+1. The number of carbonyl (C=O) groups is 2. The molecule has 3 aromatic carbocycles. The minimum Gasteiger partial charge on any atom is -0.493 e. The lowest BCUT2D eigenvalue weighted by molar-refractivity contribution is -0.899. The van der Waals surface area contributed by atoms with Crippen LogP contribution in [0.1, 0.15) is 44.1 Å². The molecule has 5 rings (SSSR count). The number of ether oxygens (including phenoxy) is 3. The van der Waals surface area contributed by atoms with E-state index < -0.39 is 35.7 Å². The van der Waals surface area contributed by atoms with Gasteiger partial charge in [0.15, 0.2) is 6.10 Å². The molecule has 3 unspecified atom stereocenters. The summed E-state index contributed by atoms with van der Waals surface area (Å²) < 4.78 is 58.1. The molecule has 44 heavy (non-hydrogen) atoms. The molecule has 0 bridgehead atoms. The van der Waals surface area contributed by atoms with Crippen LogP contribution in [0.4, 0.5) is 13.2 Å². The smallest absolute Gasteiger partial charge is 0.490 e. The van der Waals surface area contributed by atoms with Crippen LogP contribution in [-0.4, -0.2) is 62.0 Å². The first-order valence-electron chi connectivity index (χ1n) is 15.3.